The number of fused-ring (bicyclic) bond motifs is 1. The molecule has 1 aliphatic rings. The quantitative estimate of drug-likeness (QED) is 0.930. The molecule has 118 valence electrons. The lowest BCUT2D eigenvalue weighted by Crippen LogP contribution is -2.25. The van der Waals surface area contributed by atoms with E-state index in [4.69, 9.17) is 11.6 Å². The van der Waals surface area contributed by atoms with Crippen LogP contribution in [0.1, 0.15) is 30.1 Å². The number of nitrogens with zero attached hydrogens (tertiary/aromatic N) is 2. The van der Waals surface area contributed by atoms with Crippen LogP contribution in [0.2, 0.25) is 5.02 Å². The van der Waals surface area contributed by atoms with Gasteiger partial charge >= 0.3 is 0 Å². The highest BCUT2D eigenvalue weighted by molar-refractivity contribution is 7.89. The van der Waals surface area contributed by atoms with Crippen molar-refractivity contribution in [2.45, 2.75) is 37.1 Å². The molecule has 0 bridgehead atoms. The standard InChI is InChI=1S/C15H18ClN3O2S/c1-19-14-8-3-2-7-13(14)18-15(19)10-17-22(20,21)12-6-4-5-11(16)9-12/h4-6,9,17H,2-3,7-8,10H2,1H3. The number of imidazole rings is 1. The summed E-state index contributed by atoms with van der Waals surface area (Å²) in [5.41, 5.74) is 2.33. The Labute approximate surface area is 135 Å². The highest BCUT2D eigenvalue weighted by Gasteiger charge is 2.20. The van der Waals surface area contributed by atoms with Crippen LogP contribution in [0.5, 0.6) is 0 Å². The lowest BCUT2D eigenvalue weighted by atomic mass is 10.0. The van der Waals surface area contributed by atoms with Crippen molar-refractivity contribution in [2.24, 2.45) is 7.05 Å². The number of aromatic nitrogens is 2. The zero-order valence-electron chi connectivity index (χ0n) is 12.3. The normalized spacial score (nSPS) is 14.8. The van der Waals surface area contributed by atoms with Crippen LogP contribution >= 0.6 is 11.6 Å². The minimum Gasteiger partial charge on any atom is -0.334 e. The second-order valence-electron chi connectivity index (χ2n) is 5.47. The molecule has 1 aliphatic carbocycles. The van der Waals surface area contributed by atoms with Crippen molar-refractivity contribution < 1.29 is 8.42 Å². The van der Waals surface area contributed by atoms with Gasteiger partial charge in [-0.25, -0.2) is 18.1 Å². The van der Waals surface area contributed by atoms with Gasteiger partial charge in [0.2, 0.25) is 10.0 Å². The van der Waals surface area contributed by atoms with Crippen LogP contribution in [0.25, 0.3) is 0 Å². The summed E-state index contributed by atoms with van der Waals surface area (Å²) in [4.78, 5) is 4.74. The zero-order valence-corrected chi connectivity index (χ0v) is 13.9. The average Bonchev–Trinajstić information content (AvgIpc) is 2.82. The van der Waals surface area contributed by atoms with E-state index in [0.29, 0.717) is 5.02 Å². The van der Waals surface area contributed by atoms with E-state index in [1.165, 1.54) is 24.2 Å². The number of hydrogen-bond acceptors (Lipinski definition) is 3. The topological polar surface area (TPSA) is 64.0 Å². The highest BCUT2D eigenvalue weighted by Crippen LogP contribution is 2.21. The number of hydrogen-bond donors (Lipinski definition) is 1. The van der Waals surface area contributed by atoms with Gasteiger partial charge in [-0.1, -0.05) is 17.7 Å². The lowest BCUT2D eigenvalue weighted by Gasteiger charge is -2.11. The molecule has 7 heteroatoms. The fraction of sp³-hybridized carbons (Fsp3) is 0.400. The number of sulfonamides is 1. The van der Waals surface area contributed by atoms with E-state index in [-0.39, 0.29) is 11.4 Å². The fourth-order valence-corrected chi connectivity index (χ4v) is 4.06. The van der Waals surface area contributed by atoms with Crippen molar-refractivity contribution in [3.8, 4) is 0 Å². The Morgan fingerprint density at radius 2 is 2.09 bits per heavy atom. The Balaban J connectivity index is 1.79. The number of nitrogens with one attached hydrogen (secondary N) is 1. The lowest BCUT2D eigenvalue weighted by molar-refractivity contribution is 0.576. The van der Waals surface area contributed by atoms with Crippen LogP contribution in [-0.2, 0) is 36.5 Å². The van der Waals surface area contributed by atoms with Crippen molar-refractivity contribution in [1.29, 1.82) is 0 Å². The van der Waals surface area contributed by atoms with Gasteiger partial charge in [-0.05, 0) is 43.9 Å². The van der Waals surface area contributed by atoms with Gasteiger partial charge in [0.15, 0.2) is 0 Å². The summed E-state index contributed by atoms with van der Waals surface area (Å²) in [6.07, 6.45) is 4.31. The predicted molar refractivity (Wildman–Crippen MR) is 85.3 cm³/mol. The van der Waals surface area contributed by atoms with Crippen molar-refractivity contribution in [3.05, 3.63) is 46.5 Å². The average molecular weight is 340 g/mol. The second kappa shape index (κ2) is 6.02. The second-order valence-corrected chi connectivity index (χ2v) is 7.67. The maximum Gasteiger partial charge on any atom is 0.241 e. The molecule has 22 heavy (non-hydrogen) atoms. The van der Waals surface area contributed by atoms with Crippen molar-refractivity contribution in [2.75, 3.05) is 0 Å². The first-order valence-corrected chi connectivity index (χ1v) is 9.12. The first kappa shape index (κ1) is 15.5. The van der Waals surface area contributed by atoms with Crippen LogP contribution < -0.4 is 4.72 Å². The SMILES string of the molecule is Cn1c(CNS(=O)(=O)c2cccc(Cl)c2)nc2c1CCCC2. The molecule has 5 nitrogen and oxygen atoms in total. The smallest absolute Gasteiger partial charge is 0.241 e. The van der Waals surface area contributed by atoms with E-state index in [1.54, 1.807) is 12.1 Å². The van der Waals surface area contributed by atoms with Crippen molar-refractivity contribution in [3.63, 3.8) is 0 Å². The molecule has 0 fully saturated rings. The first-order chi connectivity index (χ1) is 10.5. The van der Waals surface area contributed by atoms with Crippen molar-refractivity contribution in [1.82, 2.24) is 14.3 Å². The largest absolute Gasteiger partial charge is 0.334 e. The third-order valence-electron chi connectivity index (χ3n) is 3.99. The maximum atomic E-state index is 12.3. The Kier molecular flexibility index (Phi) is 4.25. The fourth-order valence-electron chi connectivity index (χ4n) is 2.78. The number of aryl methyl sites for hydroxylation is 1. The molecule has 0 saturated carbocycles. The molecular weight excluding hydrogens is 322 g/mol. The van der Waals surface area contributed by atoms with Gasteiger partial charge < -0.3 is 4.57 Å². The van der Waals surface area contributed by atoms with Gasteiger partial charge in [-0.3, -0.25) is 0 Å². The Hall–Kier alpha value is -1.37. The van der Waals surface area contributed by atoms with Gasteiger partial charge in [-0.15, -0.1) is 0 Å². The summed E-state index contributed by atoms with van der Waals surface area (Å²) in [7, 11) is -1.64. The molecule has 0 amide bonds. The van der Waals surface area contributed by atoms with Gasteiger partial charge in [0.25, 0.3) is 0 Å². The van der Waals surface area contributed by atoms with Crippen LogP contribution in [0, 0.1) is 0 Å². The summed E-state index contributed by atoms with van der Waals surface area (Å²) >= 11 is 5.85. The molecule has 3 rings (SSSR count). The van der Waals surface area contributed by atoms with Gasteiger partial charge in [0, 0.05) is 17.8 Å². The highest BCUT2D eigenvalue weighted by atomic mass is 35.5. The zero-order chi connectivity index (χ0) is 15.7. The monoisotopic (exact) mass is 339 g/mol. The Bertz CT molecular complexity index is 799. The van der Waals surface area contributed by atoms with E-state index in [1.807, 2.05) is 11.6 Å². The van der Waals surface area contributed by atoms with Gasteiger partial charge in [0.05, 0.1) is 17.1 Å². The number of halogens is 1. The molecule has 0 unspecified atom stereocenters. The maximum absolute atomic E-state index is 12.3. The van der Waals surface area contributed by atoms with E-state index in [9.17, 15) is 8.42 Å². The molecule has 0 spiro atoms. The van der Waals surface area contributed by atoms with Crippen LogP contribution in [0.3, 0.4) is 0 Å². The summed E-state index contributed by atoms with van der Waals surface area (Å²) in [6, 6.07) is 6.23. The molecular formula is C15H18ClN3O2S. The summed E-state index contributed by atoms with van der Waals surface area (Å²) in [6.45, 7) is 0.179. The molecule has 0 aliphatic heterocycles. The van der Waals surface area contributed by atoms with Crippen LogP contribution in [0.4, 0.5) is 0 Å². The van der Waals surface area contributed by atoms with E-state index >= 15 is 0 Å². The summed E-state index contributed by atoms with van der Waals surface area (Å²) < 4.78 is 29.2. The third-order valence-corrected chi connectivity index (χ3v) is 5.63. The van der Waals surface area contributed by atoms with E-state index in [2.05, 4.69) is 9.71 Å². The van der Waals surface area contributed by atoms with Crippen LogP contribution in [-0.4, -0.2) is 18.0 Å². The summed E-state index contributed by atoms with van der Waals surface area (Å²) in [5, 5.41) is 0.398. The molecule has 1 aromatic carbocycles. The molecule has 2 aromatic rings. The summed E-state index contributed by atoms with van der Waals surface area (Å²) in [5.74, 6) is 0.748. The minimum absolute atomic E-state index is 0.166. The third kappa shape index (κ3) is 3.04. The molecule has 0 radical (unpaired) electrons. The van der Waals surface area contributed by atoms with E-state index < -0.39 is 10.0 Å². The van der Waals surface area contributed by atoms with Crippen molar-refractivity contribution >= 4 is 21.6 Å². The number of rotatable bonds is 4. The first-order valence-electron chi connectivity index (χ1n) is 7.26. The Morgan fingerprint density at radius 3 is 2.82 bits per heavy atom. The Morgan fingerprint density at radius 1 is 1.32 bits per heavy atom. The van der Waals surface area contributed by atoms with Crippen LogP contribution in [0.15, 0.2) is 29.2 Å². The predicted octanol–water partition coefficient (Wildman–Crippen LogP) is 2.43. The van der Waals surface area contributed by atoms with Gasteiger partial charge in [0.1, 0.15) is 5.82 Å². The molecule has 0 saturated heterocycles. The number of benzene rings is 1. The molecule has 1 N–H and O–H groups in total. The van der Waals surface area contributed by atoms with Gasteiger partial charge in [-0.2, -0.15) is 0 Å². The molecule has 1 heterocycles. The molecule has 0 atom stereocenters. The van der Waals surface area contributed by atoms with E-state index in [0.717, 1.165) is 30.8 Å². The minimum atomic E-state index is -3.59. The molecule has 1 aromatic heterocycles.